The van der Waals surface area contributed by atoms with Crippen molar-refractivity contribution in [3.8, 4) is 16.8 Å². The fourth-order valence-electron chi connectivity index (χ4n) is 7.73. The number of hydrogen-bond donors (Lipinski definition) is 0. The zero-order valence-electron chi connectivity index (χ0n) is 26.4. The minimum Gasteiger partial charge on any atom is -0.338 e. The molecule has 2 aromatic heterocycles. The van der Waals surface area contributed by atoms with Crippen molar-refractivity contribution >= 4 is 54.4 Å². The predicted octanol–water partition coefficient (Wildman–Crippen LogP) is 12.0. The molecule has 44 heavy (non-hydrogen) atoms. The van der Waals surface area contributed by atoms with E-state index in [2.05, 4.69) is 160 Å². The number of rotatable bonds is 4. The van der Waals surface area contributed by atoms with E-state index in [1.165, 1.54) is 87.9 Å². The van der Waals surface area contributed by atoms with Crippen molar-refractivity contribution in [1.82, 2.24) is 9.13 Å². The van der Waals surface area contributed by atoms with Crippen LogP contribution < -0.4 is 0 Å². The van der Waals surface area contributed by atoms with E-state index in [1.807, 2.05) is 0 Å². The Morgan fingerprint density at radius 1 is 0.500 bits per heavy atom. The molecule has 0 N–H and O–H groups in total. The highest BCUT2D eigenvalue weighted by Gasteiger charge is 2.21. The van der Waals surface area contributed by atoms with Gasteiger partial charge in [-0.05, 0) is 103 Å². The van der Waals surface area contributed by atoms with Crippen LogP contribution in [0.25, 0.3) is 71.2 Å². The molecule has 0 atom stereocenters. The molecular formula is C42H38N2. The Kier molecular flexibility index (Phi) is 6.00. The van der Waals surface area contributed by atoms with Gasteiger partial charge in [-0.25, -0.2) is 0 Å². The van der Waals surface area contributed by atoms with E-state index >= 15 is 0 Å². The average Bonchev–Trinajstić information content (AvgIpc) is 3.54. The third-order valence-electron chi connectivity index (χ3n) is 9.66. The third-order valence-corrected chi connectivity index (χ3v) is 9.66. The van der Waals surface area contributed by atoms with Crippen molar-refractivity contribution in [2.24, 2.45) is 0 Å². The van der Waals surface area contributed by atoms with Crippen molar-refractivity contribution in [3.63, 3.8) is 0 Å². The first-order valence-electron chi connectivity index (χ1n) is 15.9. The molecule has 0 aliphatic carbocycles. The van der Waals surface area contributed by atoms with Gasteiger partial charge in [0, 0.05) is 49.7 Å². The van der Waals surface area contributed by atoms with Crippen molar-refractivity contribution in [3.05, 3.63) is 126 Å². The van der Waals surface area contributed by atoms with Crippen molar-refractivity contribution < 1.29 is 0 Å². The predicted molar refractivity (Wildman–Crippen MR) is 191 cm³/mol. The van der Waals surface area contributed by atoms with Gasteiger partial charge in [-0.1, -0.05) is 86.6 Å². The molecule has 0 bridgehead atoms. The lowest BCUT2D eigenvalue weighted by molar-refractivity contribution is 0.642. The van der Waals surface area contributed by atoms with Crippen LogP contribution in [0.2, 0.25) is 0 Å². The second kappa shape index (κ2) is 9.86. The highest BCUT2D eigenvalue weighted by atomic mass is 15.0. The zero-order valence-corrected chi connectivity index (χ0v) is 26.4. The maximum Gasteiger partial charge on any atom is 0.0620 e. The summed E-state index contributed by atoms with van der Waals surface area (Å²) in [5, 5.41) is 7.78. The van der Waals surface area contributed by atoms with Gasteiger partial charge in [-0.2, -0.15) is 0 Å². The number of fused-ring (bicyclic) bond motifs is 8. The summed E-state index contributed by atoms with van der Waals surface area (Å²) in [7, 11) is 0. The van der Waals surface area contributed by atoms with Crippen LogP contribution in [-0.4, -0.2) is 9.13 Å². The SMILES string of the molecule is Cc1cc(-n2c3ccccc3c3cc(-c4ccc5c(c4)c4ccccc4n5C(C)C)c4ccccc4c32)c(C)cc1C(C)C. The largest absolute Gasteiger partial charge is 0.338 e. The number of aryl methyl sites for hydroxylation is 2. The summed E-state index contributed by atoms with van der Waals surface area (Å²) in [5.74, 6) is 0.496. The Bertz CT molecular complexity index is 2410. The van der Waals surface area contributed by atoms with Gasteiger partial charge in [0.1, 0.15) is 0 Å². The number of nitrogens with zero attached hydrogens (tertiary/aromatic N) is 2. The Morgan fingerprint density at radius 2 is 1.11 bits per heavy atom. The summed E-state index contributed by atoms with van der Waals surface area (Å²) in [4.78, 5) is 0. The lowest BCUT2D eigenvalue weighted by Gasteiger charge is -2.18. The Morgan fingerprint density at radius 3 is 1.82 bits per heavy atom. The summed E-state index contributed by atoms with van der Waals surface area (Å²) >= 11 is 0. The maximum atomic E-state index is 2.52. The van der Waals surface area contributed by atoms with Crippen molar-refractivity contribution in [2.75, 3.05) is 0 Å². The van der Waals surface area contributed by atoms with E-state index in [0.29, 0.717) is 12.0 Å². The van der Waals surface area contributed by atoms with Crippen LogP contribution in [0.5, 0.6) is 0 Å². The van der Waals surface area contributed by atoms with Crippen LogP contribution in [0.15, 0.2) is 109 Å². The van der Waals surface area contributed by atoms with E-state index in [-0.39, 0.29) is 0 Å². The first kappa shape index (κ1) is 26.8. The number of benzene rings is 6. The number of aromatic nitrogens is 2. The first-order valence-corrected chi connectivity index (χ1v) is 15.9. The molecule has 6 aromatic carbocycles. The van der Waals surface area contributed by atoms with Gasteiger partial charge < -0.3 is 9.13 Å². The summed E-state index contributed by atoms with van der Waals surface area (Å²) < 4.78 is 4.99. The molecule has 0 saturated carbocycles. The summed E-state index contributed by atoms with van der Waals surface area (Å²) in [6.07, 6.45) is 0. The lowest BCUT2D eigenvalue weighted by atomic mass is 9.93. The topological polar surface area (TPSA) is 9.86 Å². The van der Waals surface area contributed by atoms with E-state index in [9.17, 15) is 0 Å². The molecule has 0 spiro atoms. The van der Waals surface area contributed by atoms with Gasteiger partial charge in [-0.3, -0.25) is 0 Å². The van der Waals surface area contributed by atoms with Gasteiger partial charge in [0.2, 0.25) is 0 Å². The standard InChI is InChI=1S/C42H38N2/c1-25(2)34-21-28(6)41(22-27(34)5)44-39-18-12-10-15-32(39)37-24-35(30-13-7-8-16-33(30)42(37)44)29-19-20-40-36(23-29)31-14-9-11-17-38(31)43(40)26(3)4/h7-26H,1-6H3. The highest BCUT2D eigenvalue weighted by Crippen LogP contribution is 2.43. The van der Waals surface area contributed by atoms with Crippen LogP contribution >= 0.6 is 0 Å². The smallest absolute Gasteiger partial charge is 0.0620 e. The van der Waals surface area contributed by atoms with E-state index in [4.69, 9.17) is 0 Å². The quantitative estimate of drug-likeness (QED) is 0.199. The minimum absolute atomic E-state index is 0.383. The second-order valence-electron chi connectivity index (χ2n) is 13.1. The monoisotopic (exact) mass is 570 g/mol. The molecule has 8 rings (SSSR count). The number of hydrogen-bond acceptors (Lipinski definition) is 0. The maximum absolute atomic E-state index is 2.52. The molecule has 2 heteroatoms. The zero-order chi connectivity index (χ0) is 30.3. The van der Waals surface area contributed by atoms with Gasteiger partial charge in [0.15, 0.2) is 0 Å². The average molecular weight is 571 g/mol. The molecule has 0 amide bonds. The van der Waals surface area contributed by atoms with Gasteiger partial charge in [0.25, 0.3) is 0 Å². The van der Waals surface area contributed by atoms with E-state index in [0.717, 1.165) is 0 Å². The fourth-order valence-corrected chi connectivity index (χ4v) is 7.73. The molecule has 0 saturated heterocycles. The summed E-state index contributed by atoms with van der Waals surface area (Å²) in [6.45, 7) is 13.6. The molecule has 0 radical (unpaired) electrons. The van der Waals surface area contributed by atoms with Crippen LogP contribution in [0.1, 0.15) is 56.3 Å². The molecule has 0 aliphatic heterocycles. The Hall–Kier alpha value is -4.82. The van der Waals surface area contributed by atoms with Crippen LogP contribution in [0, 0.1) is 13.8 Å². The molecule has 0 aliphatic rings. The minimum atomic E-state index is 0.383. The highest BCUT2D eigenvalue weighted by molar-refractivity contribution is 6.22. The van der Waals surface area contributed by atoms with Gasteiger partial charge in [-0.15, -0.1) is 0 Å². The molecule has 2 heterocycles. The Labute approximate surface area is 259 Å². The molecule has 216 valence electrons. The molecule has 8 aromatic rings. The van der Waals surface area contributed by atoms with Gasteiger partial charge >= 0.3 is 0 Å². The normalized spacial score (nSPS) is 12.3. The summed E-state index contributed by atoms with van der Waals surface area (Å²) in [5.41, 5.74) is 13.0. The van der Waals surface area contributed by atoms with E-state index < -0.39 is 0 Å². The molecular weight excluding hydrogens is 532 g/mol. The van der Waals surface area contributed by atoms with Gasteiger partial charge in [0.05, 0.1) is 11.0 Å². The first-order chi connectivity index (χ1) is 21.3. The third kappa shape index (κ3) is 3.80. The molecule has 2 nitrogen and oxygen atoms in total. The van der Waals surface area contributed by atoms with E-state index in [1.54, 1.807) is 0 Å². The second-order valence-corrected chi connectivity index (χ2v) is 13.1. The Balaban J connectivity index is 1.47. The van der Waals surface area contributed by atoms with Crippen molar-refractivity contribution in [2.45, 2.75) is 53.5 Å². The van der Waals surface area contributed by atoms with Crippen LogP contribution in [-0.2, 0) is 0 Å². The molecule has 0 fully saturated rings. The lowest BCUT2D eigenvalue weighted by Crippen LogP contribution is -2.02. The van der Waals surface area contributed by atoms with Crippen LogP contribution in [0.4, 0.5) is 0 Å². The molecule has 0 unspecified atom stereocenters. The van der Waals surface area contributed by atoms with Crippen LogP contribution in [0.3, 0.4) is 0 Å². The van der Waals surface area contributed by atoms with Crippen molar-refractivity contribution in [1.29, 1.82) is 0 Å². The summed E-state index contributed by atoms with van der Waals surface area (Å²) in [6, 6.07) is 41.4. The number of para-hydroxylation sites is 2. The fraction of sp³-hybridized carbons (Fsp3) is 0.190.